The van der Waals surface area contributed by atoms with Crippen LogP contribution in [0.15, 0.2) is 35.5 Å². The molecule has 2 atom stereocenters. The molecule has 0 radical (unpaired) electrons. The average molecular weight is 653 g/mol. The maximum atomic E-state index is 14.3. The normalized spacial score (nSPS) is 17.4. The van der Waals surface area contributed by atoms with Gasteiger partial charge in [0.1, 0.15) is 28.5 Å². The van der Waals surface area contributed by atoms with Gasteiger partial charge in [0.05, 0.1) is 43.3 Å². The Hall–Kier alpha value is -4.36. The number of nitrogens with one attached hydrogen (secondary N) is 2. The SMILES string of the molecule is COc1cc(F)c(S(C)(=O)=O)cc1NCC#Cc1cc(C(=O)N[C@H]2CCN(CC(N)=O)C[C@@H]2C)c2ncn(CC(F)(F)F)c2c1. The van der Waals surface area contributed by atoms with Crippen molar-refractivity contribution in [2.45, 2.75) is 37.0 Å². The zero-order valence-electron chi connectivity index (χ0n) is 24.7. The number of hydrogen-bond donors (Lipinski definition) is 3. The fraction of sp³-hybridized carbons (Fsp3) is 0.414. The highest BCUT2D eigenvalue weighted by molar-refractivity contribution is 7.90. The molecule has 0 aliphatic carbocycles. The van der Waals surface area contributed by atoms with Gasteiger partial charge in [-0.3, -0.25) is 14.5 Å². The maximum absolute atomic E-state index is 14.3. The molecule has 1 aliphatic rings. The fourth-order valence-electron chi connectivity index (χ4n) is 5.20. The first kappa shape index (κ1) is 33.5. The number of benzene rings is 2. The molecule has 242 valence electrons. The number of carbonyl (C=O) groups excluding carboxylic acids is 2. The van der Waals surface area contributed by atoms with Gasteiger partial charge in [0.2, 0.25) is 5.91 Å². The van der Waals surface area contributed by atoms with Gasteiger partial charge in [-0.1, -0.05) is 18.8 Å². The Balaban J connectivity index is 1.61. The van der Waals surface area contributed by atoms with E-state index < -0.39 is 45.1 Å². The molecule has 2 amide bonds. The van der Waals surface area contributed by atoms with E-state index in [4.69, 9.17) is 10.5 Å². The number of carbonyl (C=O) groups is 2. The lowest BCUT2D eigenvalue weighted by Crippen LogP contribution is -2.51. The van der Waals surface area contributed by atoms with Gasteiger partial charge in [-0.05, 0) is 30.5 Å². The zero-order chi connectivity index (χ0) is 33.1. The van der Waals surface area contributed by atoms with Crippen molar-refractivity contribution in [3.63, 3.8) is 0 Å². The Morgan fingerprint density at radius 1 is 1.22 bits per heavy atom. The van der Waals surface area contributed by atoms with Gasteiger partial charge >= 0.3 is 6.18 Å². The van der Waals surface area contributed by atoms with Crippen LogP contribution in [0.5, 0.6) is 5.75 Å². The average Bonchev–Trinajstić information content (AvgIpc) is 3.32. The summed E-state index contributed by atoms with van der Waals surface area (Å²) < 4.78 is 84.0. The summed E-state index contributed by atoms with van der Waals surface area (Å²) in [4.78, 5) is 30.2. The number of ether oxygens (including phenoxy) is 1. The van der Waals surface area contributed by atoms with E-state index in [2.05, 4.69) is 27.5 Å². The van der Waals surface area contributed by atoms with Crippen LogP contribution in [-0.4, -0.2) is 86.4 Å². The number of nitrogens with zero attached hydrogens (tertiary/aromatic N) is 3. The van der Waals surface area contributed by atoms with Crippen LogP contribution in [0.2, 0.25) is 0 Å². The number of fused-ring (bicyclic) bond motifs is 1. The third-order valence-corrected chi connectivity index (χ3v) is 8.37. The Morgan fingerprint density at radius 2 is 1.96 bits per heavy atom. The van der Waals surface area contributed by atoms with Crippen LogP contribution in [0.4, 0.5) is 23.2 Å². The van der Waals surface area contributed by atoms with Gasteiger partial charge in [0.15, 0.2) is 9.84 Å². The van der Waals surface area contributed by atoms with Crippen molar-refractivity contribution >= 4 is 38.4 Å². The summed E-state index contributed by atoms with van der Waals surface area (Å²) in [5, 5.41) is 5.80. The van der Waals surface area contributed by atoms with E-state index in [1.807, 2.05) is 11.8 Å². The molecule has 0 bridgehead atoms. The predicted octanol–water partition coefficient (Wildman–Crippen LogP) is 2.54. The number of piperidine rings is 1. The maximum Gasteiger partial charge on any atom is 0.406 e. The second-order valence-corrected chi connectivity index (χ2v) is 12.8. The summed E-state index contributed by atoms with van der Waals surface area (Å²) in [5.74, 6) is 3.62. The third-order valence-electron chi connectivity index (χ3n) is 7.26. The van der Waals surface area contributed by atoms with Gasteiger partial charge in [-0.15, -0.1) is 0 Å². The molecule has 16 heteroatoms. The van der Waals surface area contributed by atoms with Gasteiger partial charge < -0.3 is 25.7 Å². The topological polar surface area (TPSA) is 149 Å². The minimum absolute atomic E-state index is 0.0350. The van der Waals surface area contributed by atoms with Gasteiger partial charge in [0.25, 0.3) is 5.91 Å². The minimum atomic E-state index is -4.55. The molecule has 11 nitrogen and oxygen atoms in total. The van der Waals surface area contributed by atoms with Crippen LogP contribution >= 0.6 is 0 Å². The van der Waals surface area contributed by atoms with Gasteiger partial charge in [0, 0.05) is 37.0 Å². The largest absolute Gasteiger partial charge is 0.494 e. The van der Waals surface area contributed by atoms with E-state index in [1.165, 1.54) is 19.2 Å². The first-order valence-electron chi connectivity index (χ1n) is 13.7. The van der Waals surface area contributed by atoms with Crippen LogP contribution in [0.3, 0.4) is 0 Å². The summed E-state index contributed by atoms with van der Waals surface area (Å²) in [6.07, 6.45) is -2.14. The highest BCUT2D eigenvalue weighted by Crippen LogP contribution is 2.30. The van der Waals surface area contributed by atoms with Crippen molar-refractivity contribution < 1.29 is 40.3 Å². The second-order valence-electron chi connectivity index (χ2n) is 10.8. The fourth-order valence-corrected chi connectivity index (χ4v) is 5.94. The van der Waals surface area contributed by atoms with E-state index in [0.29, 0.717) is 19.5 Å². The van der Waals surface area contributed by atoms with Crippen molar-refractivity contribution in [2.75, 3.05) is 44.9 Å². The first-order chi connectivity index (χ1) is 21.1. The van der Waals surface area contributed by atoms with Crippen molar-refractivity contribution in [2.24, 2.45) is 11.7 Å². The standard InChI is InChI=1S/C29H32F4N6O5S/c1-17-13-38(14-26(34)40)8-6-21(17)37-28(41)19-9-18(10-23-27(19)36-16-39(23)15-29(31,32)33)5-4-7-35-22-12-25(45(3,42)43)20(30)11-24(22)44-2/h9-12,16-17,21,35H,6-8,13-15H2,1-3H3,(H2,34,40)(H,37,41)/t17-,21-/m0/s1. The molecule has 1 saturated heterocycles. The molecule has 1 fully saturated rings. The van der Waals surface area contributed by atoms with Crippen molar-refractivity contribution in [3.8, 4) is 17.6 Å². The van der Waals surface area contributed by atoms with Gasteiger partial charge in [-0.2, -0.15) is 13.2 Å². The highest BCUT2D eigenvalue weighted by Gasteiger charge is 2.31. The van der Waals surface area contributed by atoms with Crippen LogP contribution in [0.25, 0.3) is 11.0 Å². The quantitative estimate of drug-likeness (QED) is 0.236. The monoisotopic (exact) mass is 652 g/mol. The van der Waals surface area contributed by atoms with E-state index in [1.54, 1.807) is 0 Å². The minimum Gasteiger partial charge on any atom is -0.494 e. The van der Waals surface area contributed by atoms with Crippen LogP contribution in [0, 0.1) is 23.6 Å². The number of primary amides is 1. The molecule has 45 heavy (non-hydrogen) atoms. The van der Waals surface area contributed by atoms with Crippen molar-refractivity contribution in [3.05, 3.63) is 47.5 Å². The number of nitrogens with two attached hydrogens (primary N) is 1. The number of alkyl halides is 3. The molecular formula is C29H32F4N6O5S. The summed E-state index contributed by atoms with van der Waals surface area (Å²) in [7, 11) is -2.60. The first-order valence-corrected chi connectivity index (χ1v) is 15.6. The Labute approximate surface area is 257 Å². The number of imidazole rings is 1. The Morgan fingerprint density at radius 3 is 2.58 bits per heavy atom. The second kappa shape index (κ2) is 13.3. The molecule has 3 aromatic rings. The van der Waals surface area contributed by atoms with Gasteiger partial charge in [-0.25, -0.2) is 17.8 Å². The highest BCUT2D eigenvalue weighted by atomic mass is 32.2. The summed E-state index contributed by atoms with van der Waals surface area (Å²) >= 11 is 0. The number of anilines is 1. The lowest BCUT2D eigenvalue weighted by molar-refractivity contribution is -0.140. The number of likely N-dealkylation sites (tertiary alicyclic amines) is 1. The number of rotatable bonds is 9. The molecule has 2 aromatic carbocycles. The summed E-state index contributed by atoms with van der Waals surface area (Å²) in [5.41, 5.74) is 5.84. The number of hydrogen-bond acceptors (Lipinski definition) is 8. The number of aromatic nitrogens is 2. The van der Waals surface area contributed by atoms with E-state index in [9.17, 15) is 35.6 Å². The smallest absolute Gasteiger partial charge is 0.406 e. The summed E-state index contributed by atoms with van der Waals surface area (Å²) in [6.45, 7) is 1.64. The molecule has 0 saturated carbocycles. The Bertz CT molecular complexity index is 1780. The molecule has 4 rings (SSSR count). The number of halogens is 4. The number of sulfone groups is 1. The predicted molar refractivity (Wildman–Crippen MR) is 158 cm³/mol. The van der Waals surface area contributed by atoms with Crippen molar-refractivity contribution in [1.29, 1.82) is 0 Å². The van der Waals surface area contributed by atoms with Crippen LogP contribution in [0.1, 0.15) is 29.3 Å². The molecule has 0 spiro atoms. The number of amides is 2. The lowest BCUT2D eigenvalue weighted by atomic mass is 9.93. The van der Waals surface area contributed by atoms with Crippen molar-refractivity contribution in [1.82, 2.24) is 19.8 Å². The molecule has 0 unspecified atom stereocenters. The van der Waals surface area contributed by atoms with Crippen LogP contribution in [-0.2, 0) is 21.2 Å². The van der Waals surface area contributed by atoms with Crippen LogP contribution < -0.4 is 21.1 Å². The van der Waals surface area contributed by atoms with E-state index in [-0.39, 0.29) is 58.6 Å². The molecule has 4 N–H and O–H groups in total. The molecular weight excluding hydrogens is 620 g/mol. The molecule has 2 heterocycles. The molecule has 1 aliphatic heterocycles. The summed E-state index contributed by atoms with van der Waals surface area (Å²) in [6, 6.07) is 4.56. The number of methoxy groups -OCH3 is 1. The van der Waals surface area contributed by atoms with E-state index >= 15 is 0 Å². The third kappa shape index (κ3) is 8.43. The zero-order valence-corrected chi connectivity index (χ0v) is 25.5. The molecule has 1 aromatic heterocycles. The van der Waals surface area contributed by atoms with E-state index in [0.717, 1.165) is 29.3 Å². The lowest BCUT2D eigenvalue weighted by Gasteiger charge is -2.36. The Kier molecular flexibility index (Phi) is 9.93.